The third kappa shape index (κ3) is 1.66. The summed E-state index contributed by atoms with van der Waals surface area (Å²) in [6, 6.07) is 0. The van der Waals surface area contributed by atoms with Crippen molar-refractivity contribution in [1.29, 1.82) is 0 Å². The van der Waals surface area contributed by atoms with Crippen LogP contribution in [0.4, 0.5) is 0 Å². The maximum Gasteiger partial charge on any atom is 0.0659 e. The van der Waals surface area contributed by atoms with Crippen LogP contribution in [0.3, 0.4) is 0 Å². The van der Waals surface area contributed by atoms with Crippen LogP contribution in [-0.2, 0) is 0 Å². The predicted molar refractivity (Wildman–Crippen MR) is 39.1 cm³/mol. The second-order valence-corrected chi connectivity index (χ2v) is 2.89. The molecule has 1 saturated heterocycles. The van der Waals surface area contributed by atoms with Crippen molar-refractivity contribution in [2.75, 3.05) is 6.54 Å². The van der Waals surface area contributed by atoms with Gasteiger partial charge < -0.3 is 5.73 Å². The Morgan fingerprint density at radius 3 is 2.67 bits per heavy atom. The van der Waals surface area contributed by atoms with E-state index in [0.717, 1.165) is 19.4 Å². The molecular weight excluding hydrogens is 112 g/mol. The lowest BCUT2D eigenvalue weighted by Crippen LogP contribution is -2.55. The van der Waals surface area contributed by atoms with Crippen molar-refractivity contribution < 1.29 is 0 Å². The Kier molecular flexibility index (Phi) is 2.09. The predicted octanol–water partition coefficient (Wildman–Crippen LogP) is 0.825. The minimum Gasteiger partial charge on any atom is -0.313 e. The largest absolute Gasteiger partial charge is 0.313 e. The minimum atomic E-state index is -0.0295. The van der Waals surface area contributed by atoms with Gasteiger partial charge >= 0.3 is 0 Å². The van der Waals surface area contributed by atoms with E-state index >= 15 is 0 Å². The third-order valence-corrected chi connectivity index (χ3v) is 2.16. The van der Waals surface area contributed by atoms with Gasteiger partial charge in [0.25, 0.3) is 0 Å². The average Bonchev–Trinajstić information content (AvgIpc) is 1.90. The summed E-state index contributed by atoms with van der Waals surface area (Å²) in [5.41, 5.74) is 5.92. The van der Waals surface area contributed by atoms with Gasteiger partial charge in [0.1, 0.15) is 0 Å². The summed E-state index contributed by atoms with van der Waals surface area (Å²) < 4.78 is 0. The smallest absolute Gasteiger partial charge is 0.0659 e. The standard InChI is InChI=1S/C7H16N2/c1-2-7(8)5-3-4-6-9-7/h9H,2-6,8H2,1H3. The summed E-state index contributed by atoms with van der Waals surface area (Å²) in [7, 11) is 0. The van der Waals surface area contributed by atoms with Crippen LogP contribution in [0, 0.1) is 0 Å². The molecule has 0 aromatic carbocycles. The van der Waals surface area contributed by atoms with Gasteiger partial charge in [0.2, 0.25) is 0 Å². The van der Waals surface area contributed by atoms with E-state index < -0.39 is 0 Å². The first-order valence-electron chi connectivity index (χ1n) is 3.81. The fourth-order valence-corrected chi connectivity index (χ4v) is 1.29. The molecule has 1 aliphatic heterocycles. The van der Waals surface area contributed by atoms with Gasteiger partial charge in [-0.05, 0) is 32.2 Å². The number of nitrogens with two attached hydrogens (primary N) is 1. The van der Waals surface area contributed by atoms with Crippen LogP contribution in [0.15, 0.2) is 0 Å². The molecule has 1 atom stereocenters. The van der Waals surface area contributed by atoms with Gasteiger partial charge in [-0.25, -0.2) is 0 Å². The lowest BCUT2D eigenvalue weighted by Gasteiger charge is -2.33. The quantitative estimate of drug-likeness (QED) is 0.549. The van der Waals surface area contributed by atoms with Gasteiger partial charge in [-0.2, -0.15) is 0 Å². The summed E-state index contributed by atoms with van der Waals surface area (Å²) in [5, 5.41) is 3.32. The molecule has 9 heavy (non-hydrogen) atoms. The Labute approximate surface area is 56.8 Å². The molecule has 0 bridgehead atoms. The van der Waals surface area contributed by atoms with Crippen LogP contribution in [0.5, 0.6) is 0 Å². The normalized spacial score (nSPS) is 36.7. The molecule has 3 N–H and O–H groups in total. The molecule has 2 nitrogen and oxygen atoms in total. The van der Waals surface area contributed by atoms with Crippen molar-refractivity contribution >= 4 is 0 Å². The molecule has 1 heterocycles. The van der Waals surface area contributed by atoms with Crippen LogP contribution < -0.4 is 11.1 Å². The van der Waals surface area contributed by atoms with Crippen LogP contribution in [-0.4, -0.2) is 12.2 Å². The van der Waals surface area contributed by atoms with E-state index in [1.165, 1.54) is 12.8 Å². The van der Waals surface area contributed by atoms with Crippen LogP contribution in [0.2, 0.25) is 0 Å². The monoisotopic (exact) mass is 128 g/mol. The molecule has 2 heteroatoms. The van der Waals surface area contributed by atoms with E-state index in [2.05, 4.69) is 12.2 Å². The fraction of sp³-hybridized carbons (Fsp3) is 1.00. The van der Waals surface area contributed by atoms with E-state index in [1.54, 1.807) is 0 Å². The zero-order valence-corrected chi connectivity index (χ0v) is 6.11. The highest BCUT2D eigenvalue weighted by Crippen LogP contribution is 2.15. The molecule has 0 radical (unpaired) electrons. The van der Waals surface area contributed by atoms with Gasteiger partial charge in [-0.15, -0.1) is 0 Å². The lowest BCUT2D eigenvalue weighted by molar-refractivity contribution is 0.253. The van der Waals surface area contributed by atoms with Gasteiger partial charge in [0.15, 0.2) is 0 Å². The Hall–Kier alpha value is -0.0800. The number of hydrogen-bond donors (Lipinski definition) is 2. The second kappa shape index (κ2) is 2.67. The molecule has 1 unspecified atom stereocenters. The van der Waals surface area contributed by atoms with Crippen molar-refractivity contribution in [1.82, 2.24) is 5.32 Å². The number of piperidine rings is 1. The molecule has 54 valence electrons. The van der Waals surface area contributed by atoms with E-state index in [9.17, 15) is 0 Å². The summed E-state index contributed by atoms with van der Waals surface area (Å²) in [4.78, 5) is 0. The van der Waals surface area contributed by atoms with Crippen molar-refractivity contribution in [3.05, 3.63) is 0 Å². The summed E-state index contributed by atoms with van der Waals surface area (Å²) in [6.45, 7) is 3.24. The fourth-order valence-electron chi connectivity index (χ4n) is 1.29. The maximum atomic E-state index is 5.95. The van der Waals surface area contributed by atoms with Gasteiger partial charge in [-0.3, -0.25) is 5.32 Å². The Bertz CT molecular complexity index is 84.9. The number of nitrogens with one attached hydrogen (secondary N) is 1. The minimum absolute atomic E-state index is 0.0295. The van der Waals surface area contributed by atoms with Gasteiger partial charge in [-0.1, -0.05) is 6.92 Å². The molecule has 0 aromatic rings. The lowest BCUT2D eigenvalue weighted by atomic mass is 9.96. The Morgan fingerprint density at radius 2 is 2.33 bits per heavy atom. The molecule has 0 spiro atoms. The van der Waals surface area contributed by atoms with Crippen molar-refractivity contribution in [3.63, 3.8) is 0 Å². The summed E-state index contributed by atoms with van der Waals surface area (Å²) >= 11 is 0. The van der Waals surface area contributed by atoms with E-state index in [1.807, 2.05) is 0 Å². The first-order chi connectivity index (χ1) is 4.27. The highest BCUT2D eigenvalue weighted by Gasteiger charge is 2.23. The summed E-state index contributed by atoms with van der Waals surface area (Å²) in [6.07, 6.45) is 4.77. The molecular formula is C7H16N2. The molecule has 0 amide bonds. The first kappa shape index (κ1) is 7.03. The first-order valence-corrected chi connectivity index (χ1v) is 3.81. The van der Waals surface area contributed by atoms with Gasteiger partial charge in [0, 0.05) is 0 Å². The maximum absolute atomic E-state index is 5.95. The average molecular weight is 128 g/mol. The zero-order valence-electron chi connectivity index (χ0n) is 6.11. The molecule has 1 aliphatic rings. The Balaban J connectivity index is 2.37. The van der Waals surface area contributed by atoms with E-state index in [-0.39, 0.29) is 5.66 Å². The number of rotatable bonds is 1. The van der Waals surface area contributed by atoms with Crippen molar-refractivity contribution in [3.8, 4) is 0 Å². The Morgan fingerprint density at radius 1 is 1.56 bits per heavy atom. The van der Waals surface area contributed by atoms with Crippen molar-refractivity contribution in [2.24, 2.45) is 5.73 Å². The molecule has 1 rings (SSSR count). The number of hydrogen-bond acceptors (Lipinski definition) is 2. The van der Waals surface area contributed by atoms with Gasteiger partial charge in [0.05, 0.1) is 5.66 Å². The molecule has 1 fully saturated rings. The zero-order chi connectivity index (χ0) is 6.74. The highest BCUT2D eigenvalue weighted by molar-refractivity contribution is 4.82. The molecule has 0 saturated carbocycles. The van der Waals surface area contributed by atoms with Crippen LogP contribution in [0.25, 0.3) is 0 Å². The van der Waals surface area contributed by atoms with E-state index in [0.29, 0.717) is 0 Å². The SMILES string of the molecule is CCC1(N)CCCCN1. The molecule has 0 aliphatic carbocycles. The third-order valence-electron chi connectivity index (χ3n) is 2.16. The topological polar surface area (TPSA) is 38.0 Å². The summed E-state index contributed by atoms with van der Waals surface area (Å²) in [5.74, 6) is 0. The molecule has 0 aromatic heterocycles. The van der Waals surface area contributed by atoms with Crippen LogP contribution in [0.1, 0.15) is 32.6 Å². The van der Waals surface area contributed by atoms with E-state index in [4.69, 9.17) is 5.73 Å². The van der Waals surface area contributed by atoms with Crippen LogP contribution >= 0.6 is 0 Å². The van der Waals surface area contributed by atoms with Crippen molar-refractivity contribution in [2.45, 2.75) is 38.3 Å². The second-order valence-electron chi connectivity index (χ2n) is 2.89. The highest BCUT2D eigenvalue weighted by atomic mass is 15.1.